The second-order valence-corrected chi connectivity index (χ2v) is 5.35. The Kier molecular flexibility index (Phi) is 7.31. The van der Waals surface area contributed by atoms with Crippen molar-refractivity contribution in [1.29, 1.82) is 0 Å². The largest absolute Gasteiger partial charge is 0.408 e. The van der Waals surface area contributed by atoms with Crippen LogP contribution in [0.2, 0.25) is 0 Å². The summed E-state index contributed by atoms with van der Waals surface area (Å²) >= 11 is 0. The van der Waals surface area contributed by atoms with Gasteiger partial charge in [-0.2, -0.15) is 13.2 Å². The van der Waals surface area contributed by atoms with E-state index in [4.69, 9.17) is 10.5 Å². The van der Waals surface area contributed by atoms with Crippen molar-refractivity contribution in [3.63, 3.8) is 0 Å². The van der Waals surface area contributed by atoms with Crippen LogP contribution in [0, 0.1) is 0 Å². The first-order chi connectivity index (χ1) is 10.4. The summed E-state index contributed by atoms with van der Waals surface area (Å²) in [5.41, 5.74) is 5.94. The summed E-state index contributed by atoms with van der Waals surface area (Å²) in [4.78, 5) is 12.0. The number of rotatable bonds is 5. The van der Waals surface area contributed by atoms with E-state index in [0.29, 0.717) is 18.4 Å². The third-order valence-electron chi connectivity index (χ3n) is 3.66. The van der Waals surface area contributed by atoms with Crippen molar-refractivity contribution in [2.24, 2.45) is 5.73 Å². The summed E-state index contributed by atoms with van der Waals surface area (Å²) in [6.07, 6.45) is -4.95. The van der Waals surface area contributed by atoms with Gasteiger partial charge in [0.1, 0.15) is 12.1 Å². The highest BCUT2D eigenvalue weighted by molar-refractivity contribution is 5.85. The second kappa shape index (κ2) is 8.52. The van der Waals surface area contributed by atoms with Gasteiger partial charge in [0.25, 0.3) is 0 Å². The zero-order valence-corrected chi connectivity index (χ0v) is 13.2. The van der Waals surface area contributed by atoms with E-state index < -0.39 is 24.2 Å². The van der Waals surface area contributed by atoms with Crippen molar-refractivity contribution in [1.82, 2.24) is 5.32 Å². The van der Waals surface area contributed by atoms with E-state index in [-0.39, 0.29) is 31.5 Å². The zero-order chi connectivity index (χ0) is 16.2. The lowest BCUT2D eigenvalue weighted by Crippen LogP contribution is -2.50. The Labute approximate surface area is 139 Å². The molecule has 1 amide bonds. The van der Waals surface area contributed by atoms with Crippen LogP contribution in [0.3, 0.4) is 0 Å². The zero-order valence-electron chi connectivity index (χ0n) is 12.4. The lowest BCUT2D eigenvalue weighted by molar-refractivity contribution is -0.164. The van der Waals surface area contributed by atoms with Gasteiger partial charge in [-0.15, -0.1) is 12.4 Å². The molecular weight excluding hydrogens is 333 g/mol. The Morgan fingerprint density at radius 3 is 2.48 bits per heavy atom. The topological polar surface area (TPSA) is 64.4 Å². The van der Waals surface area contributed by atoms with Crippen molar-refractivity contribution >= 4 is 18.3 Å². The molecule has 1 aromatic rings. The number of hydrogen-bond acceptors (Lipinski definition) is 3. The number of carbonyl (C=O) groups is 1. The number of ether oxygens (including phenoxy) is 1. The van der Waals surface area contributed by atoms with Crippen LogP contribution in [0.1, 0.15) is 18.4 Å². The normalized spacial score (nSPS) is 22.3. The third kappa shape index (κ3) is 5.67. The molecule has 1 saturated heterocycles. The van der Waals surface area contributed by atoms with E-state index in [1.54, 1.807) is 30.3 Å². The lowest BCUT2D eigenvalue weighted by atomic mass is 10.0. The van der Waals surface area contributed by atoms with E-state index in [1.165, 1.54) is 0 Å². The molecule has 23 heavy (non-hydrogen) atoms. The smallest absolute Gasteiger partial charge is 0.364 e. The molecule has 0 bridgehead atoms. The fraction of sp³-hybridized carbons (Fsp3) is 0.533. The average molecular weight is 353 g/mol. The number of benzene rings is 1. The summed E-state index contributed by atoms with van der Waals surface area (Å²) in [6.45, 7) is 0.260. The van der Waals surface area contributed by atoms with E-state index in [2.05, 4.69) is 5.32 Å². The maximum absolute atomic E-state index is 13.1. The molecule has 1 unspecified atom stereocenters. The molecule has 0 radical (unpaired) electrons. The van der Waals surface area contributed by atoms with Gasteiger partial charge in [0.15, 0.2) is 0 Å². The lowest BCUT2D eigenvalue weighted by Gasteiger charge is -2.23. The number of nitrogens with one attached hydrogen (secondary N) is 1. The molecule has 3 N–H and O–H groups in total. The molecule has 1 heterocycles. The van der Waals surface area contributed by atoms with Gasteiger partial charge in [0.05, 0.1) is 6.10 Å². The highest BCUT2D eigenvalue weighted by Crippen LogP contribution is 2.25. The maximum Gasteiger partial charge on any atom is 0.408 e. The fourth-order valence-electron chi connectivity index (χ4n) is 2.44. The highest BCUT2D eigenvalue weighted by atomic mass is 35.5. The standard InChI is InChI=1S/C15H19F3N2O2.ClH/c16-15(17,18)13(8-10-4-2-1-3-5-10)20-14(21)12-7-6-11(9-19)22-12;/h1-5,11-13H,6-9,19H2,(H,20,21);1H/t11-,12+,13?;/m1./s1. The third-order valence-corrected chi connectivity index (χ3v) is 3.66. The first-order valence-corrected chi connectivity index (χ1v) is 7.16. The van der Waals surface area contributed by atoms with Crippen LogP contribution in [-0.4, -0.2) is 36.9 Å². The summed E-state index contributed by atoms with van der Waals surface area (Å²) in [5.74, 6) is -0.728. The molecule has 0 spiro atoms. The van der Waals surface area contributed by atoms with Crippen molar-refractivity contribution in [2.45, 2.75) is 43.7 Å². The molecule has 0 saturated carbocycles. The number of alkyl halides is 3. The fourth-order valence-corrected chi connectivity index (χ4v) is 2.44. The van der Waals surface area contributed by atoms with Gasteiger partial charge in [0.2, 0.25) is 5.91 Å². The minimum atomic E-state index is -4.52. The van der Waals surface area contributed by atoms with Crippen molar-refractivity contribution in [2.75, 3.05) is 6.54 Å². The van der Waals surface area contributed by atoms with E-state index in [9.17, 15) is 18.0 Å². The van der Waals surface area contributed by atoms with Gasteiger partial charge >= 0.3 is 6.18 Å². The quantitative estimate of drug-likeness (QED) is 0.854. The molecule has 1 aliphatic heterocycles. The van der Waals surface area contributed by atoms with Gasteiger partial charge < -0.3 is 15.8 Å². The van der Waals surface area contributed by atoms with E-state index in [1.807, 2.05) is 0 Å². The molecule has 0 aliphatic carbocycles. The summed E-state index contributed by atoms with van der Waals surface area (Å²) in [7, 11) is 0. The van der Waals surface area contributed by atoms with Crippen molar-refractivity contribution in [3.8, 4) is 0 Å². The van der Waals surface area contributed by atoms with Gasteiger partial charge in [0, 0.05) is 13.0 Å². The number of carbonyl (C=O) groups excluding carboxylic acids is 1. The molecule has 3 atom stereocenters. The molecule has 2 rings (SSSR count). The number of amides is 1. The van der Waals surface area contributed by atoms with Gasteiger partial charge in [-0.25, -0.2) is 0 Å². The van der Waals surface area contributed by atoms with Crippen LogP contribution in [-0.2, 0) is 16.0 Å². The highest BCUT2D eigenvalue weighted by Gasteiger charge is 2.42. The Bertz CT molecular complexity index is 499. The first kappa shape index (κ1) is 19.7. The molecule has 0 aromatic heterocycles. The minimum absolute atomic E-state index is 0. The SMILES string of the molecule is Cl.NC[C@H]1CC[C@@H](C(=O)NC(Cc2ccccc2)C(F)(F)F)O1. The van der Waals surface area contributed by atoms with Crippen molar-refractivity contribution < 1.29 is 22.7 Å². The summed E-state index contributed by atoms with van der Waals surface area (Å²) < 4.78 is 44.7. The first-order valence-electron chi connectivity index (χ1n) is 7.16. The van der Waals surface area contributed by atoms with Gasteiger partial charge in [-0.3, -0.25) is 4.79 Å². The molecule has 8 heteroatoms. The second-order valence-electron chi connectivity index (χ2n) is 5.35. The Hall–Kier alpha value is -1.31. The maximum atomic E-state index is 13.1. The van der Waals surface area contributed by atoms with Crippen molar-refractivity contribution in [3.05, 3.63) is 35.9 Å². The molecule has 130 valence electrons. The Morgan fingerprint density at radius 2 is 1.96 bits per heavy atom. The monoisotopic (exact) mass is 352 g/mol. The molecular formula is C15H20ClF3N2O2. The van der Waals surface area contributed by atoms with E-state index >= 15 is 0 Å². The molecule has 1 aliphatic rings. The predicted octanol–water partition coefficient (Wildman–Crippen LogP) is 2.20. The van der Waals surface area contributed by atoms with Crippen LogP contribution < -0.4 is 11.1 Å². The number of halogens is 4. The van der Waals surface area contributed by atoms with Crippen LogP contribution in [0.25, 0.3) is 0 Å². The van der Waals surface area contributed by atoms with Crippen LogP contribution in [0.15, 0.2) is 30.3 Å². The number of nitrogens with two attached hydrogens (primary N) is 1. The van der Waals surface area contributed by atoms with Crippen LogP contribution >= 0.6 is 12.4 Å². The molecule has 1 fully saturated rings. The summed E-state index contributed by atoms with van der Waals surface area (Å²) in [6, 6.07) is 6.32. The molecule has 1 aromatic carbocycles. The Morgan fingerprint density at radius 1 is 1.30 bits per heavy atom. The summed E-state index contributed by atoms with van der Waals surface area (Å²) in [5, 5.41) is 2.06. The number of hydrogen-bond donors (Lipinski definition) is 2. The van der Waals surface area contributed by atoms with Gasteiger partial charge in [-0.05, 0) is 18.4 Å². The minimum Gasteiger partial charge on any atom is -0.364 e. The van der Waals surface area contributed by atoms with Crippen LogP contribution in [0.4, 0.5) is 13.2 Å². The van der Waals surface area contributed by atoms with Crippen LogP contribution in [0.5, 0.6) is 0 Å². The van der Waals surface area contributed by atoms with E-state index in [0.717, 1.165) is 0 Å². The Balaban J connectivity index is 0.00000264. The average Bonchev–Trinajstić information content (AvgIpc) is 2.95. The molecule has 4 nitrogen and oxygen atoms in total. The predicted molar refractivity (Wildman–Crippen MR) is 82.3 cm³/mol. The van der Waals surface area contributed by atoms with Gasteiger partial charge in [-0.1, -0.05) is 30.3 Å².